The maximum absolute atomic E-state index is 13.5. The Labute approximate surface area is 222 Å². The summed E-state index contributed by atoms with van der Waals surface area (Å²) in [6.45, 7) is 5.79. The predicted octanol–water partition coefficient (Wildman–Crippen LogP) is 4.60. The number of carbonyl (C=O) groups is 3. The monoisotopic (exact) mass is 530 g/mol. The maximum atomic E-state index is 13.5. The fourth-order valence-corrected chi connectivity index (χ4v) is 5.57. The number of hydrogen-bond donors (Lipinski definition) is 1. The Balaban J connectivity index is 1.46. The van der Waals surface area contributed by atoms with Gasteiger partial charge in [-0.3, -0.25) is 23.7 Å². The van der Waals surface area contributed by atoms with Crippen LogP contribution in [-0.2, 0) is 4.79 Å². The van der Waals surface area contributed by atoms with Crippen molar-refractivity contribution in [3.63, 3.8) is 0 Å². The van der Waals surface area contributed by atoms with Crippen molar-refractivity contribution < 1.29 is 19.1 Å². The van der Waals surface area contributed by atoms with E-state index < -0.39 is 11.6 Å². The van der Waals surface area contributed by atoms with Crippen LogP contribution in [0.3, 0.4) is 0 Å². The minimum atomic E-state index is -0.863. The van der Waals surface area contributed by atoms with Gasteiger partial charge < -0.3 is 15.0 Å². The number of anilines is 2. The molecule has 2 amide bonds. The number of aryl methyl sites for hydroxylation is 1. The summed E-state index contributed by atoms with van der Waals surface area (Å²) in [7, 11) is 0. The number of para-hydroxylation sites is 1. The highest BCUT2D eigenvalue weighted by Gasteiger charge is 2.28. The van der Waals surface area contributed by atoms with Crippen LogP contribution in [0.5, 0.6) is 5.75 Å². The molecule has 2 aromatic carbocycles. The Morgan fingerprint density at radius 2 is 1.92 bits per heavy atom. The zero-order chi connectivity index (χ0) is 27.0. The number of hydrogen-bond acceptors (Lipinski definition) is 7. The second-order valence-corrected chi connectivity index (χ2v) is 10.1. The lowest BCUT2D eigenvalue weighted by molar-refractivity contribution is -0.121. The van der Waals surface area contributed by atoms with Gasteiger partial charge in [0.05, 0.1) is 28.3 Å². The summed E-state index contributed by atoms with van der Waals surface area (Å²) in [4.78, 5) is 59.1. The lowest BCUT2D eigenvalue weighted by Crippen LogP contribution is -2.39. The van der Waals surface area contributed by atoms with Crippen molar-refractivity contribution in [1.82, 2.24) is 9.55 Å². The highest BCUT2D eigenvalue weighted by atomic mass is 32.1. The molecule has 38 heavy (non-hydrogen) atoms. The molecule has 0 bridgehead atoms. The molecule has 1 aliphatic heterocycles. The number of fused-ring (bicyclic) bond motifs is 2. The van der Waals surface area contributed by atoms with E-state index in [0.717, 1.165) is 17.8 Å². The van der Waals surface area contributed by atoms with Crippen LogP contribution in [0.1, 0.15) is 51.9 Å². The highest BCUT2D eigenvalue weighted by Crippen LogP contribution is 2.34. The van der Waals surface area contributed by atoms with Gasteiger partial charge in [0.1, 0.15) is 10.6 Å². The molecule has 3 heterocycles. The van der Waals surface area contributed by atoms with Crippen LogP contribution in [0.15, 0.2) is 59.7 Å². The molecule has 194 valence electrons. The molecular weight excluding hydrogens is 504 g/mol. The third kappa shape index (κ3) is 4.47. The zero-order valence-electron chi connectivity index (χ0n) is 21.2. The minimum Gasteiger partial charge on any atom is -0.482 e. The molecule has 0 spiro atoms. The number of amides is 2. The van der Waals surface area contributed by atoms with Gasteiger partial charge in [-0.1, -0.05) is 25.1 Å². The van der Waals surface area contributed by atoms with Gasteiger partial charge in [-0.05, 0) is 56.2 Å². The van der Waals surface area contributed by atoms with Gasteiger partial charge in [0.25, 0.3) is 17.4 Å². The standard InChI is InChI=1S/C28H26N4O5S/c1-4-12-31-20-13-18(10-11-21(20)37-14-22(31)33)24(34)17(3)32-15-29-27-23(28(32)36)16(2)25(38-27)26(35)30-19-8-6-5-7-9-19/h5-11,13,15,17H,4,12,14H2,1-3H3,(H,30,35). The van der Waals surface area contributed by atoms with Crippen molar-refractivity contribution in [2.45, 2.75) is 33.2 Å². The summed E-state index contributed by atoms with van der Waals surface area (Å²) in [5, 5.41) is 3.15. The van der Waals surface area contributed by atoms with Gasteiger partial charge in [0, 0.05) is 17.8 Å². The van der Waals surface area contributed by atoms with Crippen molar-refractivity contribution in [2.24, 2.45) is 0 Å². The first-order chi connectivity index (χ1) is 18.3. The van der Waals surface area contributed by atoms with E-state index in [1.165, 1.54) is 10.9 Å². The number of benzene rings is 2. The van der Waals surface area contributed by atoms with Crippen LogP contribution in [0, 0.1) is 6.92 Å². The molecule has 1 atom stereocenters. The second-order valence-electron chi connectivity index (χ2n) is 9.07. The summed E-state index contributed by atoms with van der Waals surface area (Å²) in [5.74, 6) is -0.254. The molecule has 0 saturated carbocycles. The van der Waals surface area contributed by atoms with Crippen LogP contribution >= 0.6 is 11.3 Å². The number of ketones is 1. The molecule has 5 rings (SSSR count). The first-order valence-corrected chi connectivity index (χ1v) is 13.1. The maximum Gasteiger partial charge on any atom is 0.266 e. The minimum absolute atomic E-state index is 0.0386. The fraction of sp³-hybridized carbons (Fsp3) is 0.250. The van der Waals surface area contributed by atoms with Gasteiger partial charge in [-0.25, -0.2) is 4.98 Å². The van der Waals surface area contributed by atoms with Gasteiger partial charge in [-0.15, -0.1) is 11.3 Å². The van der Waals surface area contributed by atoms with Crippen molar-refractivity contribution in [3.8, 4) is 5.75 Å². The Morgan fingerprint density at radius 1 is 1.16 bits per heavy atom. The van der Waals surface area contributed by atoms with Crippen molar-refractivity contribution in [2.75, 3.05) is 23.4 Å². The van der Waals surface area contributed by atoms with Gasteiger partial charge >= 0.3 is 0 Å². The highest BCUT2D eigenvalue weighted by molar-refractivity contribution is 7.20. The van der Waals surface area contributed by atoms with E-state index in [1.807, 2.05) is 25.1 Å². The smallest absolute Gasteiger partial charge is 0.266 e. The van der Waals surface area contributed by atoms with E-state index in [0.29, 0.717) is 49.9 Å². The lowest BCUT2D eigenvalue weighted by atomic mass is 10.0. The normalized spacial score (nSPS) is 13.7. The molecule has 10 heteroatoms. The van der Waals surface area contributed by atoms with Crippen LogP contribution < -0.4 is 20.5 Å². The Hall–Kier alpha value is -4.31. The Bertz CT molecular complexity index is 1630. The van der Waals surface area contributed by atoms with Crippen molar-refractivity contribution >= 4 is 50.5 Å². The number of Topliss-reactive ketones (excluding diaryl/α,β-unsaturated/α-hetero) is 1. The zero-order valence-corrected chi connectivity index (χ0v) is 22.0. The average Bonchev–Trinajstić information content (AvgIpc) is 3.27. The van der Waals surface area contributed by atoms with Crippen molar-refractivity contribution in [1.29, 1.82) is 0 Å². The number of carbonyl (C=O) groups excluding carboxylic acids is 3. The number of thiophene rings is 1. The molecule has 0 aliphatic carbocycles. The predicted molar refractivity (Wildman–Crippen MR) is 147 cm³/mol. The average molecular weight is 531 g/mol. The van der Waals surface area contributed by atoms with E-state index in [4.69, 9.17) is 4.74 Å². The molecular formula is C28H26N4O5S. The number of nitrogens with zero attached hydrogens (tertiary/aromatic N) is 3. The van der Waals surface area contributed by atoms with Crippen LogP contribution in [0.4, 0.5) is 11.4 Å². The van der Waals surface area contributed by atoms with E-state index in [2.05, 4.69) is 10.3 Å². The Morgan fingerprint density at radius 3 is 2.66 bits per heavy atom. The topological polar surface area (TPSA) is 111 Å². The van der Waals surface area contributed by atoms with E-state index >= 15 is 0 Å². The van der Waals surface area contributed by atoms with Gasteiger partial charge in [0.15, 0.2) is 12.4 Å². The van der Waals surface area contributed by atoms with E-state index in [1.54, 1.807) is 49.1 Å². The first-order valence-electron chi connectivity index (χ1n) is 12.3. The number of nitrogens with one attached hydrogen (secondary N) is 1. The summed E-state index contributed by atoms with van der Waals surface area (Å²) in [5.41, 5.74) is 1.67. The lowest BCUT2D eigenvalue weighted by Gasteiger charge is -2.29. The first kappa shape index (κ1) is 25.3. The van der Waals surface area contributed by atoms with Gasteiger partial charge in [-0.2, -0.15) is 0 Å². The molecule has 9 nitrogen and oxygen atoms in total. The molecule has 1 N–H and O–H groups in total. The molecule has 1 unspecified atom stereocenters. The third-order valence-electron chi connectivity index (χ3n) is 6.54. The Kier molecular flexibility index (Phi) is 6.81. The van der Waals surface area contributed by atoms with Crippen LogP contribution in [-0.4, -0.2) is 40.3 Å². The van der Waals surface area contributed by atoms with Crippen LogP contribution in [0.25, 0.3) is 10.2 Å². The molecule has 2 aromatic heterocycles. The molecule has 1 aliphatic rings. The molecule has 0 radical (unpaired) electrons. The van der Waals surface area contributed by atoms with E-state index in [9.17, 15) is 19.2 Å². The summed E-state index contributed by atoms with van der Waals surface area (Å²) < 4.78 is 6.82. The summed E-state index contributed by atoms with van der Waals surface area (Å²) >= 11 is 1.14. The number of aromatic nitrogens is 2. The van der Waals surface area contributed by atoms with Crippen LogP contribution in [0.2, 0.25) is 0 Å². The van der Waals surface area contributed by atoms with E-state index in [-0.39, 0.29) is 24.2 Å². The SMILES string of the molecule is CCCN1C(=O)COc2ccc(C(=O)C(C)n3cnc4sc(C(=O)Nc5ccccc5)c(C)c4c3=O)cc21. The molecule has 0 saturated heterocycles. The summed E-state index contributed by atoms with van der Waals surface area (Å²) in [6.07, 6.45) is 2.10. The third-order valence-corrected chi connectivity index (χ3v) is 7.74. The van der Waals surface area contributed by atoms with Gasteiger partial charge in [0.2, 0.25) is 0 Å². The molecule has 4 aromatic rings. The number of ether oxygens (including phenoxy) is 1. The quantitative estimate of drug-likeness (QED) is 0.350. The second kappa shape index (κ2) is 10.2. The van der Waals surface area contributed by atoms with Crippen molar-refractivity contribution in [3.05, 3.63) is 81.2 Å². The fourth-order valence-electron chi connectivity index (χ4n) is 4.53. The summed E-state index contributed by atoms with van der Waals surface area (Å²) in [6, 6.07) is 13.1. The largest absolute Gasteiger partial charge is 0.482 e. The molecule has 0 fully saturated rings. The number of rotatable bonds is 7.